The zero-order valence-electron chi connectivity index (χ0n) is 7.38. The zero-order chi connectivity index (χ0) is 8.53. The summed E-state index contributed by atoms with van der Waals surface area (Å²) in [6.07, 6.45) is 1.39. The van der Waals surface area contributed by atoms with E-state index in [-0.39, 0.29) is 12.9 Å². The van der Waals surface area contributed by atoms with Gasteiger partial charge in [-0.05, 0) is 20.3 Å². The van der Waals surface area contributed by atoms with Crippen LogP contribution in [0.4, 0.5) is 0 Å². The van der Waals surface area contributed by atoms with E-state index in [9.17, 15) is 0 Å². The Morgan fingerprint density at radius 2 is 1.73 bits per heavy atom. The van der Waals surface area contributed by atoms with Crippen molar-refractivity contribution >= 4 is 0 Å². The molecule has 0 heterocycles. The average Bonchev–Trinajstić information content (AvgIpc) is 2.01. The summed E-state index contributed by atoms with van der Waals surface area (Å²) in [4.78, 5) is 0. The summed E-state index contributed by atoms with van der Waals surface area (Å²) >= 11 is 0. The van der Waals surface area contributed by atoms with Crippen LogP contribution in [0, 0.1) is 0 Å². The molecule has 0 aliphatic heterocycles. The maximum Gasteiger partial charge on any atom is 0.157 e. The highest BCUT2D eigenvalue weighted by molar-refractivity contribution is 4.44. The van der Waals surface area contributed by atoms with Crippen molar-refractivity contribution < 1.29 is 14.6 Å². The SMILES string of the molecule is CCOC(CCCO)OCC. The Balaban J connectivity index is 3.34. The number of aliphatic hydroxyl groups excluding tert-OH is 1. The van der Waals surface area contributed by atoms with Crippen molar-refractivity contribution in [1.82, 2.24) is 0 Å². The van der Waals surface area contributed by atoms with Crippen LogP contribution in [0.1, 0.15) is 26.7 Å². The van der Waals surface area contributed by atoms with Crippen LogP contribution in [-0.4, -0.2) is 31.2 Å². The van der Waals surface area contributed by atoms with Gasteiger partial charge < -0.3 is 14.6 Å². The molecular formula is C8H18O3. The molecule has 0 bridgehead atoms. The van der Waals surface area contributed by atoms with Crippen molar-refractivity contribution in [3.63, 3.8) is 0 Å². The fourth-order valence-corrected chi connectivity index (χ4v) is 0.845. The molecule has 0 aromatic heterocycles. The van der Waals surface area contributed by atoms with Crippen LogP contribution >= 0.6 is 0 Å². The Labute approximate surface area is 68.3 Å². The molecule has 3 heteroatoms. The van der Waals surface area contributed by atoms with Gasteiger partial charge in [0.2, 0.25) is 0 Å². The minimum Gasteiger partial charge on any atom is -0.396 e. The average molecular weight is 162 g/mol. The van der Waals surface area contributed by atoms with Gasteiger partial charge in [-0.15, -0.1) is 0 Å². The summed E-state index contributed by atoms with van der Waals surface area (Å²) in [6.45, 7) is 5.40. The van der Waals surface area contributed by atoms with Gasteiger partial charge in [-0.25, -0.2) is 0 Å². The number of aliphatic hydroxyl groups is 1. The topological polar surface area (TPSA) is 38.7 Å². The Bertz CT molecular complexity index is 69.7. The summed E-state index contributed by atoms with van der Waals surface area (Å²) in [7, 11) is 0. The molecule has 0 fully saturated rings. The van der Waals surface area contributed by atoms with Crippen LogP contribution in [0.5, 0.6) is 0 Å². The van der Waals surface area contributed by atoms with Crippen molar-refractivity contribution in [2.45, 2.75) is 33.0 Å². The van der Waals surface area contributed by atoms with Crippen LogP contribution in [0.3, 0.4) is 0 Å². The highest BCUT2D eigenvalue weighted by atomic mass is 16.7. The first-order valence-electron chi connectivity index (χ1n) is 4.19. The van der Waals surface area contributed by atoms with Gasteiger partial charge in [0.1, 0.15) is 0 Å². The molecule has 3 nitrogen and oxygen atoms in total. The van der Waals surface area contributed by atoms with Gasteiger partial charge >= 0.3 is 0 Å². The molecule has 0 rings (SSSR count). The molecular weight excluding hydrogens is 144 g/mol. The number of hydrogen-bond donors (Lipinski definition) is 1. The lowest BCUT2D eigenvalue weighted by atomic mass is 10.3. The second-order valence-corrected chi connectivity index (χ2v) is 2.21. The summed E-state index contributed by atoms with van der Waals surface area (Å²) < 4.78 is 10.5. The molecule has 0 radical (unpaired) electrons. The zero-order valence-corrected chi connectivity index (χ0v) is 7.38. The van der Waals surface area contributed by atoms with E-state index in [1.165, 1.54) is 0 Å². The van der Waals surface area contributed by atoms with E-state index < -0.39 is 0 Å². The van der Waals surface area contributed by atoms with Crippen LogP contribution in [0.15, 0.2) is 0 Å². The first kappa shape index (κ1) is 10.9. The smallest absolute Gasteiger partial charge is 0.157 e. The maximum absolute atomic E-state index is 8.54. The molecule has 0 atom stereocenters. The molecule has 11 heavy (non-hydrogen) atoms. The van der Waals surface area contributed by atoms with Crippen LogP contribution in [0.2, 0.25) is 0 Å². The molecule has 0 spiro atoms. The molecule has 0 saturated heterocycles. The Morgan fingerprint density at radius 1 is 1.18 bits per heavy atom. The second kappa shape index (κ2) is 7.98. The van der Waals surface area contributed by atoms with E-state index in [1.807, 2.05) is 13.8 Å². The van der Waals surface area contributed by atoms with E-state index >= 15 is 0 Å². The van der Waals surface area contributed by atoms with Crippen molar-refractivity contribution in [2.75, 3.05) is 19.8 Å². The Hall–Kier alpha value is -0.120. The van der Waals surface area contributed by atoms with Gasteiger partial charge in [-0.2, -0.15) is 0 Å². The predicted octanol–water partition coefficient (Wildman–Crippen LogP) is 1.16. The highest BCUT2D eigenvalue weighted by Crippen LogP contribution is 2.03. The normalized spacial score (nSPS) is 10.9. The monoisotopic (exact) mass is 162 g/mol. The maximum atomic E-state index is 8.54. The van der Waals surface area contributed by atoms with E-state index in [2.05, 4.69) is 0 Å². The lowest BCUT2D eigenvalue weighted by molar-refractivity contribution is -0.141. The molecule has 0 aliphatic carbocycles. The third-order valence-electron chi connectivity index (χ3n) is 1.30. The van der Waals surface area contributed by atoms with Gasteiger partial charge in [0.05, 0.1) is 0 Å². The van der Waals surface area contributed by atoms with Gasteiger partial charge in [0.15, 0.2) is 6.29 Å². The molecule has 68 valence electrons. The second-order valence-electron chi connectivity index (χ2n) is 2.21. The van der Waals surface area contributed by atoms with E-state index in [1.54, 1.807) is 0 Å². The fourth-order valence-electron chi connectivity index (χ4n) is 0.845. The first-order valence-corrected chi connectivity index (χ1v) is 4.19. The predicted molar refractivity (Wildman–Crippen MR) is 43.4 cm³/mol. The van der Waals surface area contributed by atoms with E-state index in [0.717, 1.165) is 12.8 Å². The van der Waals surface area contributed by atoms with Crippen LogP contribution in [0.25, 0.3) is 0 Å². The molecule has 0 aromatic carbocycles. The van der Waals surface area contributed by atoms with Crippen molar-refractivity contribution in [3.05, 3.63) is 0 Å². The lowest BCUT2D eigenvalue weighted by Crippen LogP contribution is -2.17. The van der Waals surface area contributed by atoms with Crippen LogP contribution in [-0.2, 0) is 9.47 Å². The van der Waals surface area contributed by atoms with Gasteiger partial charge in [-0.1, -0.05) is 0 Å². The molecule has 0 unspecified atom stereocenters. The van der Waals surface area contributed by atoms with Crippen molar-refractivity contribution in [2.24, 2.45) is 0 Å². The summed E-state index contributed by atoms with van der Waals surface area (Å²) in [6, 6.07) is 0. The lowest BCUT2D eigenvalue weighted by Gasteiger charge is -2.15. The van der Waals surface area contributed by atoms with E-state index in [0.29, 0.717) is 13.2 Å². The molecule has 1 N–H and O–H groups in total. The third kappa shape index (κ3) is 6.28. The number of ether oxygens (including phenoxy) is 2. The minimum absolute atomic E-state index is 0.128. The van der Waals surface area contributed by atoms with Crippen LogP contribution < -0.4 is 0 Å². The standard InChI is InChI=1S/C8H18O3/c1-3-10-8(11-4-2)6-5-7-9/h8-9H,3-7H2,1-2H3. The molecule has 0 aliphatic rings. The van der Waals surface area contributed by atoms with E-state index in [4.69, 9.17) is 14.6 Å². The first-order chi connectivity index (χ1) is 5.35. The van der Waals surface area contributed by atoms with Crippen molar-refractivity contribution in [3.8, 4) is 0 Å². The molecule has 0 amide bonds. The Kier molecular flexibility index (Phi) is 7.89. The van der Waals surface area contributed by atoms with Gasteiger partial charge in [-0.3, -0.25) is 0 Å². The van der Waals surface area contributed by atoms with Crippen molar-refractivity contribution in [1.29, 1.82) is 0 Å². The Morgan fingerprint density at radius 3 is 2.09 bits per heavy atom. The highest BCUT2D eigenvalue weighted by Gasteiger charge is 2.05. The summed E-state index contributed by atoms with van der Waals surface area (Å²) in [5.74, 6) is 0. The number of rotatable bonds is 7. The van der Waals surface area contributed by atoms with Gasteiger partial charge in [0.25, 0.3) is 0 Å². The molecule has 0 saturated carbocycles. The fraction of sp³-hybridized carbons (Fsp3) is 1.00. The largest absolute Gasteiger partial charge is 0.396 e. The third-order valence-corrected chi connectivity index (χ3v) is 1.30. The molecule has 0 aromatic rings. The summed E-state index contributed by atoms with van der Waals surface area (Å²) in [5.41, 5.74) is 0. The number of hydrogen-bond acceptors (Lipinski definition) is 3. The minimum atomic E-state index is -0.128. The summed E-state index contributed by atoms with van der Waals surface area (Å²) in [5, 5.41) is 8.54. The van der Waals surface area contributed by atoms with Gasteiger partial charge in [0, 0.05) is 26.2 Å². The quantitative estimate of drug-likeness (QED) is 0.571.